The highest BCUT2D eigenvalue weighted by molar-refractivity contribution is 6.08. The molecule has 0 heterocycles. The summed E-state index contributed by atoms with van der Waals surface area (Å²) in [5.41, 5.74) is 2.48. The molecule has 3 nitrogen and oxygen atoms in total. The van der Waals surface area contributed by atoms with Gasteiger partial charge in [-0.1, -0.05) is 91.0 Å². The number of carbonyl (C=O) groups excluding carboxylic acids is 2. The average Bonchev–Trinajstić information content (AvgIpc) is 2.68. The molecule has 0 unspecified atom stereocenters. The molecule has 0 spiro atoms. The molecule has 0 aliphatic heterocycles. The molecule has 3 heteroatoms. The Bertz CT molecular complexity index is 696. The van der Waals surface area contributed by atoms with E-state index in [9.17, 15) is 9.59 Å². The Morgan fingerprint density at radius 3 is 1.54 bits per heavy atom. The van der Waals surface area contributed by atoms with E-state index in [4.69, 9.17) is 0 Å². The molecule has 0 aliphatic carbocycles. The Hall–Kier alpha value is -3.20. The largest absolute Gasteiger partial charge is 0.463 e. The minimum Gasteiger partial charge on any atom is -0.463 e. The molecule has 0 N–H and O–H groups in total. The molecule has 0 bridgehead atoms. The Morgan fingerprint density at radius 2 is 1.12 bits per heavy atom. The minimum absolute atomic E-state index is 0.0752. The Labute approximate surface area is 141 Å². The fourth-order valence-electron chi connectivity index (χ4n) is 2.05. The van der Waals surface area contributed by atoms with Crippen molar-refractivity contribution in [3.8, 4) is 0 Å². The molecule has 0 aromatic heterocycles. The van der Waals surface area contributed by atoms with Crippen molar-refractivity contribution in [3.63, 3.8) is 0 Å². The van der Waals surface area contributed by atoms with Gasteiger partial charge in [-0.25, -0.2) is 0 Å². The van der Waals surface area contributed by atoms with Crippen LogP contribution in [-0.4, -0.2) is 12.3 Å². The third-order valence-corrected chi connectivity index (χ3v) is 3.23. The third kappa shape index (κ3) is 5.54. The molecule has 24 heavy (non-hydrogen) atoms. The number of ketones is 1. The second-order valence-corrected chi connectivity index (χ2v) is 4.95. The van der Waals surface area contributed by atoms with Crippen molar-refractivity contribution < 1.29 is 14.3 Å². The van der Waals surface area contributed by atoms with Crippen LogP contribution in [-0.2, 0) is 16.1 Å². The van der Waals surface area contributed by atoms with Gasteiger partial charge in [0.2, 0.25) is 0 Å². The summed E-state index contributed by atoms with van der Waals surface area (Å²) in [6, 6.07) is 28.2. The van der Waals surface area contributed by atoms with Gasteiger partial charge in [0.25, 0.3) is 6.47 Å². The van der Waals surface area contributed by atoms with Crippen LogP contribution in [0.1, 0.15) is 21.5 Å². The van der Waals surface area contributed by atoms with Crippen LogP contribution in [0.25, 0.3) is 0 Å². The molecule has 3 aromatic carbocycles. The van der Waals surface area contributed by atoms with Crippen LogP contribution >= 0.6 is 0 Å². The molecule has 120 valence electrons. The number of hydrogen-bond donors (Lipinski definition) is 0. The van der Waals surface area contributed by atoms with Gasteiger partial charge in [-0.05, 0) is 5.56 Å². The first-order valence-corrected chi connectivity index (χ1v) is 7.55. The number of carbonyl (C=O) groups is 2. The van der Waals surface area contributed by atoms with Gasteiger partial charge in [0.1, 0.15) is 6.61 Å². The highest BCUT2D eigenvalue weighted by atomic mass is 16.5. The molecule has 0 fully saturated rings. The Kier molecular flexibility index (Phi) is 6.97. The quantitative estimate of drug-likeness (QED) is 0.521. The summed E-state index contributed by atoms with van der Waals surface area (Å²) in [5, 5.41) is 0. The monoisotopic (exact) mass is 318 g/mol. The van der Waals surface area contributed by atoms with Crippen molar-refractivity contribution in [2.24, 2.45) is 0 Å². The summed E-state index contributed by atoms with van der Waals surface area (Å²) < 4.78 is 4.54. The smallest absolute Gasteiger partial charge is 0.293 e. The normalized spacial score (nSPS) is 9.33. The van der Waals surface area contributed by atoms with Gasteiger partial charge in [0, 0.05) is 11.1 Å². The lowest BCUT2D eigenvalue weighted by Crippen LogP contribution is -1.99. The van der Waals surface area contributed by atoms with E-state index in [1.54, 1.807) is 0 Å². The summed E-state index contributed by atoms with van der Waals surface area (Å²) in [7, 11) is 0. The van der Waals surface area contributed by atoms with Gasteiger partial charge >= 0.3 is 0 Å². The SMILES string of the molecule is O=C(c1ccccc1)c1ccccc1.O=COCc1ccccc1. The lowest BCUT2D eigenvalue weighted by molar-refractivity contribution is -0.129. The van der Waals surface area contributed by atoms with E-state index in [1.165, 1.54) is 0 Å². The van der Waals surface area contributed by atoms with Crippen molar-refractivity contribution >= 4 is 12.3 Å². The van der Waals surface area contributed by atoms with Crippen LogP contribution in [0, 0.1) is 0 Å². The lowest BCUT2D eigenvalue weighted by atomic mass is 10.0. The van der Waals surface area contributed by atoms with Crippen LogP contribution in [0.3, 0.4) is 0 Å². The van der Waals surface area contributed by atoms with E-state index in [0.717, 1.165) is 16.7 Å². The van der Waals surface area contributed by atoms with Crippen molar-refractivity contribution in [2.75, 3.05) is 0 Å². The van der Waals surface area contributed by atoms with Crippen LogP contribution in [0.15, 0.2) is 91.0 Å². The predicted octanol–water partition coefficient (Wildman–Crippen LogP) is 4.28. The molecule has 0 saturated carbocycles. The summed E-state index contributed by atoms with van der Waals surface area (Å²) in [4.78, 5) is 21.6. The van der Waals surface area contributed by atoms with Crippen LogP contribution in [0.4, 0.5) is 0 Å². The van der Waals surface area contributed by atoms with E-state index in [0.29, 0.717) is 13.1 Å². The number of hydrogen-bond acceptors (Lipinski definition) is 3. The minimum atomic E-state index is 0.0752. The van der Waals surface area contributed by atoms with E-state index in [-0.39, 0.29) is 5.78 Å². The van der Waals surface area contributed by atoms with Gasteiger partial charge in [-0.2, -0.15) is 0 Å². The van der Waals surface area contributed by atoms with Crippen molar-refractivity contribution in [3.05, 3.63) is 108 Å². The standard InChI is InChI=1S/C13H10O.C8H8O2/c14-13(11-7-3-1-4-8-11)12-9-5-2-6-10-12;9-7-10-6-8-4-2-1-3-5-8/h1-10H;1-5,7H,6H2. The first kappa shape index (κ1) is 17.2. The van der Waals surface area contributed by atoms with E-state index in [1.807, 2.05) is 91.0 Å². The van der Waals surface area contributed by atoms with Gasteiger partial charge in [0.15, 0.2) is 5.78 Å². The zero-order valence-corrected chi connectivity index (χ0v) is 13.2. The molecule has 0 aliphatic rings. The summed E-state index contributed by atoms with van der Waals surface area (Å²) in [5.74, 6) is 0.0752. The van der Waals surface area contributed by atoms with Crippen molar-refractivity contribution in [2.45, 2.75) is 6.61 Å². The first-order chi connectivity index (χ1) is 11.8. The fourth-order valence-corrected chi connectivity index (χ4v) is 2.05. The summed E-state index contributed by atoms with van der Waals surface area (Å²) in [6.07, 6.45) is 0. The predicted molar refractivity (Wildman–Crippen MR) is 93.6 cm³/mol. The van der Waals surface area contributed by atoms with Crippen molar-refractivity contribution in [1.29, 1.82) is 0 Å². The lowest BCUT2D eigenvalue weighted by Gasteiger charge is -1.99. The van der Waals surface area contributed by atoms with Crippen LogP contribution in [0.5, 0.6) is 0 Å². The molecular formula is C21H18O3. The maximum Gasteiger partial charge on any atom is 0.293 e. The number of ether oxygens (including phenoxy) is 1. The summed E-state index contributed by atoms with van der Waals surface area (Å²) >= 11 is 0. The molecule has 0 saturated heterocycles. The van der Waals surface area contributed by atoms with E-state index < -0.39 is 0 Å². The highest BCUT2D eigenvalue weighted by Gasteiger charge is 2.06. The average molecular weight is 318 g/mol. The van der Waals surface area contributed by atoms with E-state index >= 15 is 0 Å². The zero-order valence-electron chi connectivity index (χ0n) is 13.2. The second-order valence-electron chi connectivity index (χ2n) is 4.95. The molecule has 0 radical (unpaired) electrons. The topological polar surface area (TPSA) is 43.4 Å². The number of benzene rings is 3. The zero-order chi connectivity index (χ0) is 17.0. The Morgan fingerprint density at radius 1 is 0.708 bits per heavy atom. The van der Waals surface area contributed by atoms with Gasteiger partial charge in [0.05, 0.1) is 0 Å². The Balaban J connectivity index is 0.000000185. The third-order valence-electron chi connectivity index (χ3n) is 3.23. The van der Waals surface area contributed by atoms with Crippen LogP contribution < -0.4 is 0 Å². The van der Waals surface area contributed by atoms with E-state index in [2.05, 4.69) is 4.74 Å². The van der Waals surface area contributed by atoms with Gasteiger partial charge in [-0.15, -0.1) is 0 Å². The maximum absolute atomic E-state index is 11.8. The number of rotatable bonds is 5. The highest BCUT2D eigenvalue weighted by Crippen LogP contribution is 2.08. The maximum atomic E-state index is 11.8. The van der Waals surface area contributed by atoms with Gasteiger partial charge < -0.3 is 4.74 Å². The second kappa shape index (κ2) is 9.74. The molecule has 3 aromatic rings. The molecular weight excluding hydrogens is 300 g/mol. The molecule has 0 atom stereocenters. The first-order valence-electron chi connectivity index (χ1n) is 7.55. The molecule has 0 amide bonds. The van der Waals surface area contributed by atoms with Crippen molar-refractivity contribution in [1.82, 2.24) is 0 Å². The summed E-state index contributed by atoms with van der Waals surface area (Å²) in [6.45, 7) is 0.817. The van der Waals surface area contributed by atoms with Gasteiger partial charge in [-0.3, -0.25) is 9.59 Å². The van der Waals surface area contributed by atoms with Crippen LogP contribution in [0.2, 0.25) is 0 Å². The fraction of sp³-hybridized carbons (Fsp3) is 0.0476. The molecule has 3 rings (SSSR count).